The zero-order valence-electron chi connectivity index (χ0n) is 16.1. The lowest BCUT2D eigenvalue weighted by Crippen LogP contribution is -2.38. The normalized spacial score (nSPS) is 11.1. The van der Waals surface area contributed by atoms with E-state index >= 15 is 0 Å². The van der Waals surface area contributed by atoms with Gasteiger partial charge in [-0.3, -0.25) is 4.99 Å². The summed E-state index contributed by atoms with van der Waals surface area (Å²) in [5.41, 5.74) is 2.17. The maximum Gasteiger partial charge on any atom is 0.191 e. The van der Waals surface area contributed by atoms with E-state index < -0.39 is 0 Å². The molecule has 0 aliphatic carbocycles. The van der Waals surface area contributed by atoms with Crippen LogP contribution in [0.25, 0.3) is 5.69 Å². The molecule has 1 aromatic heterocycles. The molecule has 0 atom stereocenters. The van der Waals surface area contributed by atoms with Gasteiger partial charge in [0.1, 0.15) is 18.1 Å². The summed E-state index contributed by atoms with van der Waals surface area (Å²) < 4.78 is 12.7. The second-order valence-corrected chi connectivity index (χ2v) is 6.00. The van der Waals surface area contributed by atoms with Gasteiger partial charge in [0.15, 0.2) is 5.96 Å². The first-order valence-electron chi connectivity index (χ1n) is 9.09. The molecule has 3 rings (SSSR count). The van der Waals surface area contributed by atoms with Crippen LogP contribution in [0.2, 0.25) is 0 Å². The van der Waals surface area contributed by atoms with E-state index in [1.165, 1.54) is 0 Å². The fourth-order valence-electron chi connectivity index (χ4n) is 2.65. The zero-order valence-corrected chi connectivity index (χ0v) is 16.1. The van der Waals surface area contributed by atoms with Gasteiger partial charge < -0.3 is 20.1 Å². The average Bonchev–Trinajstić information content (AvgIpc) is 3.29. The van der Waals surface area contributed by atoms with Crippen molar-refractivity contribution in [1.82, 2.24) is 20.4 Å². The van der Waals surface area contributed by atoms with Crippen molar-refractivity contribution in [3.8, 4) is 17.2 Å². The van der Waals surface area contributed by atoms with Crippen LogP contribution in [-0.2, 0) is 6.54 Å². The summed E-state index contributed by atoms with van der Waals surface area (Å²) in [6, 6.07) is 17.6. The minimum absolute atomic E-state index is 0.530. The van der Waals surface area contributed by atoms with Crippen molar-refractivity contribution in [2.24, 2.45) is 4.99 Å². The van der Waals surface area contributed by atoms with Crippen LogP contribution >= 0.6 is 0 Å². The van der Waals surface area contributed by atoms with E-state index in [0.717, 1.165) is 28.7 Å². The molecule has 0 aliphatic rings. The number of ether oxygens (including phenoxy) is 2. The first-order valence-corrected chi connectivity index (χ1v) is 9.09. The van der Waals surface area contributed by atoms with Crippen LogP contribution in [0.5, 0.6) is 11.5 Å². The number of hydrogen-bond donors (Lipinski definition) is 2. The van der Waals surface area contributed by atoms with Crippen molar-refractivity contribution in [3.05, 3.63) is 72.6 Å². The molecule has 0 radical (unpaired) electrons. The number of rotatable bonds is 8. The van der Waals surface area contributed by atoms with Gasteiger partial charge in [0.2, 0.25) is 0 Å². The molecule has 2 aromatic carbocycles. The minimum atomic E-state index is 0.530. The second kappa shape index (κ2) is 10.0. The Bertz CT molecular complexity index is 876. The fourth-order valence-corrected chi connectivity index (χ4v) is 2.65. The van der Waals surface area contributed by atoms with Crippen molar-refractivity contribution in [1.29, 1.82) is 0 Å². The lowest BCUT2D eigenvalue weighted by molar-refractivity contribution is 0.321. The topological polar surface area (TPSA) is 72.7 Å². The predicted molar refractivity (Wildman–Crippen MR) is 110 cm³/mol. The molecule has 1 heterocycles. The number of aromatic nitrogens is 2. The Morgan fingerprint density at radius 3 is 2.61 bits per heavy atom. The molecule has 146 valence electrons. The standard InChI is InChI=1S/C21H25N5O2/c1-22-21(23-12-14-28-20-9-7-19(27-2)8-10-20)24-16-17-5-3-6-18(15-17)26-13-4-11-25-26/h3-11,13,15H,12,14,16H2,1-2H3,(H2,22,23,24). The van der Waals surface area contributed by atoms with Gasteiger partial charge >= 0.3 is 0 Å². The average molecular weight is 379 g/mol. The lowest BCUT2D eigenvalue weighted by Gasteiger charge is -2.13. The zero-order chi connectivity index (χ0) is 19.6. The predicted octanol–water partition coefficient (Wildman–Crippen LogP) is 2.62. The number of benzene rings is 2. The van der Waals surface area contributed by atoms with Crippen LogP contribution in [-0.4, -0.2) is 43.0 Å². The molecule has 0 unspecified atom stereocenters. The molecule has 7 heteroatoms. The SMILES string of the molecule is CN=C(NCCOc1ccc(OC)cc1)NCc1cccc(-n2cccn2)c1. The highest BCUT2D eigenvalue weighted by Crippen LogP contribution is 2.16. The van der Waals surface area contributed by atoms with E-state index in [1.807, 2.05) is 53.3 Å². The molecule has 0 aliphatic heterocycles. The summed E-state index contributed by atoms with van der Waals surface area (Å²) >= 11 is 0. The van der Waals surface area contributed by atoms with Crippen LogP contribution in [0.15, 0.2) is 72.0 Å². The van der Waals surface area contributed by atoms with Crippen LogP contribution in [0.3, 0.4) is 0 Å². The molecule has 0 amide bonds. The van der Waals surface area contributed by atoms with E-state index in [2.05, 4.69) is 32.9 Å². The van der Waals surface area contributed by atoms with Crippen molar-refractivity contribution >= 4 is 5.96 Å². The third-order valence-electron chi connectivity index (χ3n) is 4.09. The summed E-state index contributed by atoms with van der Waals surface area (Å²) in [6.45, 7) is 1.83. The van der Waals surface area contributed by atoms with E-state index in [0.29, 0.717) is 19.7 Å². The Balaban J connectivity index is 1.43. The second-order valence-electron chi connectivity index (χ2n) is 6.00. The Hall–Kier alpha value is -3.48. The molecular weight excluding hydrogens is 354 g/mol. The van der Waals surface area contributed by atoms with Gasteiger partial charge in [-0.2, -0.15) is 5.10 Å². The van der Waals surface area contributed by atoms with Gasteiger partial charge in [0.25, 0.3) is 0 Å². The van der Waals surface area contributed by atoms with Gasteiger partial charge in [-0.1, -0.05) is 12.1 Å². The third kappa shape index (κ3) is 5.51. The Labute approximate surface area is 165 Å². The molecule has 3 aromatic rings. The maximum atomic E-state index is 5.71. The Kier molecular flexibility index (Phi) is 6.89. The molecule has 2 N–H and O–H groups in total. The first-order chi connectivity index (χ1) is 13.8. The van der Waals surface area contributed by atoms with Crippen molar-refractivity contribution < 1.29 is 9.47 Å². The number of hydrogen-bond acceptors (Lipinski definition) is 4. The van der Waals surface area contributed by atoms with Gasteiger partial charge in [-0.15, -0.1) is 0 Å². The third-order valence-corrected chi connectivity index (χ3v) is 4.09. The number of aliphatic imine (C=N–C) groups is 1. The van der Waals surface area contributed by atoms with Gasteiger partial charge in [0, 0.05) is 26.0 Å². The number of methoxy groups -OCH3 is 1. The van der Waals surface area contributed by atoms with Crippen molar-refractivity contribution in [2.45, 2.75) is 6.54 Å². The molecular formula is C21H25N5O2. The van der Waals surface area contributed by atoms with E-state index in [4.69, 9.17) is 9.47 Å². The smallest absolute Gasteiger partial charge is 0.191 e. The van der Waals surface area contributed by atoms with Gasteiger partial charge in [-0.05, 0) is 48.0 Å². The van der Waals surface area contributed by atoms with Crippen LogP contribution in [0, 0.1) is 0 Å². The van der Waals surface area contributed by atoms with Gasteiger partial charge in [-0.25, -0.2) is 4.68 Å². The molecule has 7 nitrogen and oxygen atoms in total. The van der Waals surface area contributed by atoms with Crippen molar-refractivity contribution in [2.75, 3.05) is 27.3 Å². The highest BCUT2D eigenvalue weighted by molar-refractivity contribution is 5.79. The molecule has 0 bridgehead atoms. The summed E-state index contributed by atoms with van der Waals surface area (Å²) in [5.74, 6) is 2.34. The van der Waals surface area contributed by atoms with Crippen LogP contribution < -0.4 is 20.1 Å². The van der Waals surface area contributed by atoms with Crippen molar-refractivity contribution in [3.63, 3.8) is 0 Å². The number of guanidine groups is 1. The number of nitrogens with one attached hydrogen (secondary N) is 2. The lowest BCUT2D eigenvalue weighted by atomic mass is 10.2. The van der Waals surface area contributed by atoms with E-state index in [-0.39, 0.29) is 0 Å². The van der Waals surface area contributed by atoms with Crippen LogP contribution in [0.4, 0.5) is 0 Å². The molecule has 28 heavy (non-hydrogen) atoms. The number of nitrogens with zero attached hydrogens (tertiary/aromatic N) is 3. The van der Waals surface area contributed by atoms with E-state index in [9.17, 15) is 0 Å². The first kappa shape index (κ1) is 19.3. The minimum Gasteiger partial charge on any atom is -0.497 e. The highest BCUT2D eigenvalue weighted by atomic mass is 16.5. The molecule has 0 fully saturated rings. The fraction of sp³-hybridized carbons (Fsp3) is 0.238. The Morgan fingerprint density at radius 2 is 1.89 bits per heavy atom. The summed E-state index contributed by atoms with van der Waals surface area (Å²) in [4.78, 5) is 4.25. The Morgan fingerprint density at radius 1 is 1.07 bits per heavy atom. The highest BCUT2D eigenvalue weighted by Gasteiger charge is 2.02. The largest absolute Gasteiger partial charge is 0.497 e. The molecule has 0 spiro atoms. The molecule has 0 saturated carbocycles. The summed E-state index contributed by atoms with van der Waals surface area (Å²) in [6.07, 6.45) is 3.69. The summed E-state index contributed by atoms with van der Waals surface area (Å²) in [7, 11) is 3.39. The van der Waals surface area contributed by atoms with Gasteiger partial charge in [0.05, 0.1) is 19.3 Å². The molecule has 0 saturated heterocycles. The summed E-state index contributed by atoms with van der Waals surface area (Å²) in [5, 5.41) is 10.8. The quantitative estimate of drug-likeness (QED) is 0.358. The maximum absolute atomic E-state index is 5.71. The van der Waals surface area contributed by atoms with Crippen LogP contribution in [0.1, 0.15) is 5.56 Å². The van der Waals surface area contributed by atoms with E-state index in [1.54, 1.807) is 20.4 Å². The monoisotopic (exact) mass is 379 g/mol.